The average Bonchev–Trinajstić information content (AvgIpc) is 2.59. The van der Waals surface area contributed by atoms with Crippen LogP contribution in [-0.2, 0) is 4.79 Å². The van der Waals surface area contributed by atoms with Crippen molar-refractivity contribution in [1.29, 1.82) is 0 Å². The van der Waals surface area contributed by atoms with Crippen molar-refractivity contribution < 1.29 is 18.3 Å². The lowest BCUT2D eigenvalue weighted by atomic mass is 9.96. The standard InChI is InChI=1S/C19H21F2NO2S/c1-12(2)19(13-4-7-15(24-3)8-5-13)22-18(23)11-25-17-9-6-14(20)10-16(17)21/h4-10,12,19H,11H2,1-3H3,(H,22,23). The lowest BCUT2D eigenvalue weighted by molar-refractivity contribution is -0.119. The van der Waals surface area contributed by atoms with Gasteiger partial charge in [0.25, 0.3) is 0 Å². The van der Waals surface area contributed by atoms with E-state index in [2.05, 4.69) is 5.32 Å². The van der Waals surface area contributed by atoms with Crippen LogP contribution in [0.5, 0.6) is 5.75 Å². The van der Waals surface area contributed by atoms with E-state index < -0.39 is 11.6 Å². The molecule has 1 amide bonds. The topological polar surface area (TPSA) is 38.3 Å². The van der Waals surface area contributed by atoms with Gasteiger partial charge in [0.05, 0.1) is 18.9 Å². The fourth-order valence-corrected chi connectivity index (χ4v) is 3.13. The molecule has 134 valence electrons. The van der Waals surface area contributed by atoms with Gasteiger partial charge in [-0.2, -0.15) is 0 Å². The van der Waals surface area contributed by atoms with E-state index in [1.807, 2.05) is 38.1 Å². The molecule has 3 nitrogen and oxygen atoms in total. The number of hydrogen-bond acceptors (Lipinski definition) is 3. The summed E-state index contributed by atoms with van der Waals surface area (Å²) in [6.45, 7) is 4.03. The first-order chi connectivity index (χ1) is 11.9. The summed E-state index contributed by atoms with van der Waals surface area (Å²) in [5, 5.41) is 2.97. The number of rotatable bonds is 7. The fourth-order valence-electron chi connectivity index (χ4n) is 2.40. The van der Waals surface area contributed by atoms with Crippen LogP contribution in [-0.4, -0.2) is 18.8 Å². The molecule has 0 heterocycles. The van der Waals surface area contributed by atoms with E-state index in [1.165, 1.54) is 12.1 Å². The van der Waals surface area contributed by atoms with Crippen LogP contribution in [0.4, 0.5) is 8.78 Å². The van der Waals surface area contributed by atoms with Gasteiger partial charge in [0, 0.05) is 11.0 Å². The number of carbonyl (C=O) groups excluding carboxylic acids is 1. The van der Waals surface area contributed by atoms with Crippen molar-refractivity contribution in [2.24, 2.45) is 5.92 Å². The summed E-state index contributed by atoms with van der Waals surface area (Å²) in [4.78, 5) is 12.5. The predicted molar refractivity (Wildman–Crippen MR) is 95.8 cm³/mol. The van der Waals surface area contributed by atoms with Gasteiger partial charge in [-0.3, -0.25) is 4.79 Å². The minimum atomic E-state index is -0.659. The summed E-state index contributed by atoms with van der Waals surface area (Å²) in [6, 6.07) is 10.7. The highest BCUT2D eigenvalue weighted by atomic mass is 32.2. The molecule has 0 saturated heterocycles. The van der Waals surface area contributed by atoms with Crippen molar-refractivity contribution in [3.05, 3.63) is 59.7 Å². The van der Waals surface area contributed by atoms with Crippen LogP contribution < -0.4 is 10.1 Å². The Bertz CT molecular complexity index is 720. The lowest BCUT2D eigenvalue weighted by Crippen LogP contribution is -2.33. The van der Waals surface area contributed by atoms with Crippen LogP contribution in [0.25, 0.3) is 0 Å². The molecule has 0 aliphatic rings. The zero-order chi connectivity index (χ0) is 18.4. The maximum Gasteiger partial charge on any atom is 0.230 e. The first-order valence-electron chi connectivity index (χ1n) is 7.92. The van der Waals surface area contributed by atoms with E-state index in [-0.39, 0.29) is 28.5 Å². The number of carbonyl (C=O) groups is 1. The van der Waals surface area contributed by atoms with Crippen molar-refractivity contribution in [1.82, 2.24) is 5.32 Å². The molecule has 0 fully saturated rings. The Morgan fingerprint density at radius 2 is 1.84 bits per heavy atom. The molecular formula is C19H21F2NO2S. The van der Waals surface area contributed by atoms with Crippen LogP contribution in [0.15, 0.2) is 47.4 Å². The number of hydrogen-bond donors (Lipinski definition) is 1. The van der Waals surface area contributed by atoms with Crippen LogP contribution in [0.1, 0.15) is 25.5 Å². The molecule has 2 aromatic carbocycles. The average molecular weight is 365 g/mol. The smallest absolute Gasteiger partial charge is 0.230 e. The highest BCUT2D eigenvalue weighted by Gasteiger charge is 2.19. The molecule has 0 aliphatic heterocycles. The Labute approximate surface area is 150 Å². The van der Waals surface area contributed by atoms with E-state index in [9.17, 15) is 13.6 Å². The third-order valence-electron chi connectivity index (χ3n) is 3.71. The lowest BCUT2D eigenvalue weighted by Gasteiger charge is -2.23. The Morgan fingerprint density at radius 3 is 2.40 bits per heavy atom. The van der Waals surface area contributed by atoms with Gasteiger partial charge in [-0.15, -0.1) is 11.8 Å². The third-order valence-corrected chi connectivity index (χ3v) is 4.76. The van der Waals surface area contributed by atoms with E-state index >= 15 is 0 Å². The Kier molecular flexibility index (Phi) is 6.82. The maximum absolute atomic E-state index is 13.6. The largest absolute Gasteiger partial charge is 0.497 e. The molecule has 0 aliphatic carbocycles. The summed E-state index contributed by atoms with van der Waals surface area (Å²) in [6.07, 6.45) is 0. The van der Waals surface area contributed by atoms with E-state index in [0.717, 1.165) is 29.1 Å². The molecule has 0 spiro atoms. The van der Waals surface area contributed by atoms with Gasteiger partial charge in [0.1, 0.15) is 17.4 Å². The zero-order valence-electron chi connectivity index (χ0n) is 14.4. The molecule has 2 rings (SSSR count). The third kappa shape index (κ3) is 5.46. The highest BCUT2D eigenvalue weighted by molar-refractivity contribution is 8.00. The van der Waals surface area contributed by atoms with Crippen LogP contribution in [0.2, 0.25) is 0 Å². The molecule has 0 radical (unpaired) electrons. The summed E-state index contributed by atoms with van der Waals surface area (Å²) in [7, 11) is 1.60. The Morgan fingerprint density at radius 1 is 1.16 bits per heavy atom. The summed E-state index contributed by atoms with van der Waals surface area (Å²) < 4.78 is 31.7. The van der Waals surface area contributed by atoms with Crippen molar-refractivity contribution in [3.8, 4) is 5.75 Å². The quantitative estimate of drug-likeness (QED) is 0.730. The van der Waals surface area contributed by atoms with Crippen LogP contribution >= 0.6 is 11.8 Å². The van der Waals surface area contributed by atoms with Gasteiger partial charge < -0.3 is 10.1 Å². The van der Waals surface area contributed by atoms with E-state index in [4.69, 9.17) is 4.74 Å². The second-order valence-electron chi connectivity index (χ2n) is 5.93. The summed E-state index contributed by atoms with van der Waals surface area (Å²) in [5.74, 6) is -0.505. The summed E-state index contributed by atoms with van der Waals surface area (Å²) >= 11 is 1.05. The molecule has 6 heteroatoms. The Hall–Kier alpha value is -2.08. The molecule has 0 aromatic heterocycles. The predicted octanol–water partition coefficient (Wildman–Crippen LogP) is 4.58. The molecule has 1 N–H and O–H groups in total. The van der Waals surface area contributed by atoms with Gasteiger partial charge in [-0.05, 0) is 35.7 Å². The van der Waals surface area contributed by atoms with E-state index in [0.29, 0.717) is 0 Å². The second-order valence-corrected chi connectivity index (χ2v) is 6.94. The number of halogens is 2. The van der Waals surface area contributed by atoms with Gasteiger partial charge >= 0.3 is 0 Å². The first kappa shape index (κ1) is 19.2. The minimum absolute atomic E-state index is 0.0575. The number of benzene rings is 2. The van der Waals surface area contributed by atoms with Crippen LogP contribution in [0, 0.1) is 17.6 Å². The Balaban J connectivity index is 1.99. The minimum Gasteiger partial charge on any atom is -0.497 e. The first-order valence-corrected chi connectivity index (χ1v) is 8.90. The highest BCUT2D eigenvalue weighted by Crippen LogP contribution is 2.25. The summed E-state index contributed by atoms with van der Waals surface area (Å²) in [5.41, 5.74) is 0.974. The zero-order valence-corrected chi connectivity index (χ0v) is 15.2. The molecule has 0 bridgehead atoms. The van der Waals surface area contributed by atoms with Gasteiger partial charge in [-0.25, -0.2) is 8.78 Å². The van der Waals surface area contributed by atoms with E-state index in [1.54, 1.807) is 7.11 Å². The van der Waals surface area contributed by atoms with Crippen LogP contribution in [0.3, 0.4) is 0 Å². The second kappa shape index (κ2) is 8.85. The number of ether oxygens (including phenoxy) is 1. The monoisotopic (exact) mass is 365 g/mol. The molecule has 1 atom stereocenters. The number of nitrogens with one attached hydrogen (secondary N) is 1. The molecule has 0 saturated carbocycles. The molecular weight excluding hydrogens is 344 g/mol. The number of thioether (sulfide) groups is 1. The SMILES string of the molecule is COc1ccc(C(NC(=O)CSc2ccc(F)cc2F)C(C)C)cc1. The van der Waals surface area contributed by atoms with Gasteiger partial charge in [0.15, 0.2) is 0 Å². The van der Waals surface area contributed by atoms with Gasteiger partial charge in [0.2, 0.25) is 5.91 Å². The van der Waals surface area contributed by atoms with Crippen molar-refractivity contribution in [2.75, 3.05) is 12.9 Å². The molecule has 2 aromatic rings. The fraction of sp³-hybridized carbons (Fsp3) is 0.316. The molecule has 25 heavy (non-hydrogen) atoms. The number of methoxy groups -OCH3 is 1. The van der Waals surface area contributed by atoms with Crippen molar-refractivity contribution >= 4 is 17.7 Å². The molecule has 1 unspecified atom stereocenters. The number of amides is 1. The normalized spacial score (nSPS) is 12.1. The van der Waals surface area contributed by atoms with Crippen molar-refractivity contribution in [2.45, 2.75) is 24.8 Å². The van der Waals surface area contributed by atoms with Crippen molar-refractivity contribution in [3.63, 3.8) is 0 Å². The maximum atomic E-state index is 13.6. The van der Waals surface area contributed by atoms with Gasteiger partial charge in [-0.1, -0.05) is 26.0 Å².